The molecule has 0 saturated heterocycles. The van der Waals surface area contributed by atoms with Crippen molar-refractivity contribution in [3.63, 3.8) is 0 Å². The first-order valence-electron chi connectivity index (χ1n) is 7.77. The molecule has 2 aromatic carbocycles. The van der Waals surface area contributed by atoms with Gasteiger partial charge in [0.05, 0.1) is 11.1 Å². The van der Waals surface area contributed by atoms with Gasteiger partial charge in [-0.2, -0.15) is 0 Å². The average Bonchev–Trinajstić information content (AvgIpc) is 3.05. The van der Waals surface area contributed by atoms with E-state index in [1.54, 1.807) is 11.9 Å². The highest BCUT2D eigenvalue weighted by Gasteiger charge is 2.21. The van der Waals surface area contributed by atoms with Gasteiger partial charge in [-0.05, 0) is 31.2 Å². The summed E-state index contributed by atoms with van der Waals surface area (Å²) in [5, 5.41) is 0.941. The Morgan fingerprint density at radius 2 is 2.04 bits per heavy atom. The minimum absolute atomic E-state index is 0.0473. The van der Waals surface area contributed by atoms with Gasteiger partial charge in [-0.3, -0.25) is 4.79 Å². The van der Waals surface area contributed by atoms with E-state index in [4.69, 9.17) is 20.8 Å². The first-order valence-corrected chi connectivity index (χ1v) is 8.15. The van der Waals surface area contributed by atoms with Gasteiger partial charge in [0.15, 0.2) is 6.61 Å². The second-order valence-corrected chi connectivity index (χ2v) is 6.14. The largest absolute Gasteiger partial charge is 0.484 e. The Morgan fingerprint density at radius 3 is 2.76 bits per heavy atom. The van der Waals surface area contributed by atoms with Crippen molar-refractivity contribution in [1.82, 2.24) is 4.90 Å². The quantitative estimate of drug-likeness (QED) is 0.654. The SMILES string of the molecule is CC(c1cc2ccccc2o1)N(C)C(=O)COc1ccc(F)c(Cl)c1. The standard InChI is InChI=1S/C19H17ClFNO3/c1-12(18-9-13-5-3-4-6-17(13)25-18)22(2)19(23)11-24-14-7-8-16(21)15(20)10-14/h3-10,12H,11H2,1-2H3. The van der Waals surface area contributed by atoms with Crippen molar-refractivity contribution < 1.29 is 18.3 Å². The van der Waals surface area contributed by atoms with E-state index in [9.17, 15) is 9.18 Å². The number of fused-ring (bicyclic) bond motifs is 1. The maximum atomic E-state index is 13.1. The Kier molecular flexibility index (Phi) is 4.95. The molecule has 0 radical (unpaired) electrons. The molecule has 3 aromatic rings. The first-order chi connectivity index (χ1) is 12.0. The van der Waals surface area contributed by atoms with Gasteiger partial charge < -0.3 is 14.1 Å². The van der Waals surface area contributed by atoms with Gasteiger partial charge >= 0.3 is 0 Å². The highest BCUT2D eigenvalue weighted by atomic mass is 35.5. The summed E-state index contributed by atoms with van der Waals surface area (Å²) in [5.41, 5.74) is 0.780. The predicted octanol–water partition coefficient (Wildman–Crippen LogP) is 4.82. The predicted molar refractivity (Wildman–Crippen MR) is 94.3 cm³/mol. The molecular formula is C19H17ClFNO3. The zero-order valence-electron chi connectivity index (χ0n) is 13.8. The third-order valence-electron chi connectivity index (χ3n) is 4.08. The number of halogens is 2. The summed E-state index contributed by atoms with van der Waals surface area (Å²) in [4.78, 5) is 13.9. The van der Waals surface area contributed by atoms with E-state index >= 15 is 0 Å². The van der Waals surface area contributed by atoms with Crippen LogP contribution in [0.3, 0.4) is 0 Å². The van der Waals surface area contributed by atoms with E-state index in [0.29, 0.717) is 11.5 Å². The molecule has 1 unspecified atom stereocenters. The van der Waals surface area contributed by atoms with Crippen LogP contribution in [0, 0.1) is 5.82 Å². The minimum atomic E-state index is -0.532. The van der Waals surface area contributed by atoms with E-state index in [1.807, 2.05) is 37.3 Å². The van der Waals surface area contributed by atoms with E-state index in [1.165, 1.54) is 18.2 Å². The zero-order chi connectivity index (χ0) is 18.0. The lowest BCUT2D eigenvalue weighted by Crippen LogP contribution is -2.33. The molecule has 1 heterocycles. The second kappa shape index (κ2) is 7.15. The average molecular weight is 362 g/mol. The van der Waals surface area contributed by atoms with Crippen LogP contribution >= 0.6 is 11.6 Å². The topological polar surface area (TPSA) is 42.7 Å². The summed E-state index contributed by atoms with van der Waals surface area (Å²) >= 11 is 5.70. The molecule has 0 aliphatic heterocycles. The summed E-state index contributed by atoms with van der Waals surface area (Å²) in [6, 6.07) is 13.3. The zero-order valence-corrected chi connectivity index (χ0v) is 14.6. The number of benzene rings is 2. The van der Waals surface area contributed by atoms with Crippen LogP contribution in [0.2, 0.25) is 5.02 Å². The number of hydrogen-bond donors (Lipinski definition) is 0. The lowest BCUT2D eigenvalue weighted by atomic mass is 10.2. The molecule has 0 aliphatic carbocycles. The van der Waals surface area contributed by atoms with Crippen molar-refractivity contribution in [2.45, 2.75) is 13.0 Å². The Morgan fingerprint density at radius 1 is 1.28 bits per heavy atom. The van der Waals surface area contributed by atoms with Crippen LogP contribution in [0.4, 0.5) is 4.39 Å². The highest BCUT2D eigenvalue weighted by molar-refractivity contribution is 6.30. The fourth-order valence-electron chi connectivity index (χ4n) is 2.43. The van der Waals surface area contributed by atoms with Crippen molar-refractivity contribution in [1.29, 1.82) is 0 Å². The maximum absolute atomic E-state index is 13.1. The number of hydrogen-bond acceptors (Lipinski definition) is 3. The fourth-order valence-corrected chi connectivity index (χ4v) is 2.60. The normalized spacial score (nSPS) is 12.2. The molecule has 130 valence electrons. The molecular weight excluding hydrogens is 345 g/mol. The van der Waals surface area contributed by atoms with Crippen molar-refractivity contribution in [2.75, 3.05) is 13.7 Å². The number of furan rings is 1. The fraction of sp³-hybridized carbons (Fsp3) is 0.211. The number of amides is 1. The van der Waals surface area contributed by atoms with Crippen molar-refractivity contribution in [3.8, 4) is 5.75 Å². The Labute approximate surface area is 149 Å². The molecule has 6 heteroatoms. The van der Waals surface area contributed by atoms with E-state index < -0.39 is 5.82 Å². The number of ether oxygens (including phenoxy) is 1. The van der Waals surface area contributed by atoms with Gasteiger partial charge in [-0.25, -0.2) is 4.39 Å². The molecule has 0 N–H and O–H groups in total. The monoisotopic (exact) mass is 361 g/mol. The van der Waals surface area contributed by atoms with E-state index in [0.717, 1.165) is 11.0 Å². The third kappa shape index (κ3) is 3.77. The van der Waals surface area contributed by atoms with Crippen LogP contribution in [0.5, 0.6) is 5.75 Å². The molecule has 0 spiro atoms. The summed E-state index contributed by atoms with van der Waals surface area (Å²) in [6.45, 7) is 1.70. The number of nitrogens with zero attached hydrogens (tertiary/aromatic N) is 1. The van der Waals surface area contributed by atoms with Gasteiger partial charge in [0.1, 0.15) is 22.9 Å². The maximum Gasteiger partial charge on any atom is 0.260 e. The molecule has 4 nitrogen and oxygen atoms in total. The molecule has 1 aromatic heterocycles. The molecule has 3 rings (SSSR count). The number of para-hydroxylation sites is 1. The van der Waals surface area contributed by atoms with Gasteiger partial charge in [0, 0.05) is 18.5 Å². The Hall–Kier alpha value is -2.53. The van der Waals surface area contributed by atoms with E-state index in [-0.39, 0.29) is 23.6 Å². The lowest BCUT2D eigenvalue weighted by molar-refractivity contribution is -0.134. The number of likely N-dealkylation sites (N-methyl/N-ethyl adjacent to an activating group) is 1. The number of carbonyl (C=O) groups excluding carboxylic acids is 1. The molecule has 1 amide bonds. The van der Waals surface area contributed by atoms with Gasteiger partial charge in [0.25, 0.3) is 5.91 Å². The lowest BCUT2D eigenvalue weighted by Gasteiger charge is -2.23. The summed E-state index contributed by atoms with van der Waals surface area (Å²) in [5.74, 6) is 0.274. The van der Waals surface area contributed by atoms with Crippen LogP contribution < -0.4 is 4.74 Å². The molecule has 1 atom stereocenters. The molecule has 25 heavy (non-hydrogen) atoms. The summed E-state index contributed by atoms with van der Waals surface area (Å²) < 4.78 is 24.3. The van der Waals surface area contributed by atoms with Crippen LogP contribution in [0.1, 0.15) is 18.7 Å². The molecule has 0 aliphatic rings. The van der Waals surface area contributed by atoms with Crippen LogP contribution in [-0.4, -0.2) is 24.5 Å². The van der Waals surface area contributed by atoms with Gasteiger partial charge in [-0.1, -0.05) is 29.8 Å². The molecule has 0 fully saturated rings. The number of rotatable bonds is 5. The highest BCUT2D eigenvalue weighted by Crippen LogP contribution is 2.27. The number of carbonyl (C=O) groups is 1. The van der Waals surface area contributed by atoms with Crippen LogP contribution in [-0.2, 0) is 4.79 Å². The summed E-state index contributed by atoms with van der Waals surface area (Å²) in [7, 11) is 1.68. The van der Waals surface area contributed by atoms with E-state index in [2.05, 4.69) is 0 Å². The molecule has 0 saturated carbocycles. The van der Waals surface area contributed by atoms with Crippen molar-refractivity contribution in [3.05, 3.63) is 65.1 Å². The second-order valence-electron chi connectivity index (χ2n) is 5.73. The van der Waals surface area contributed by atoms with Crippen LogP contribution in [0.15, 0.2) is 52.9 Å². The van der Waals surface area contributed by atoms with Crippen molar-refractivity contribution in [2.24, 2.45) is 0 Å². The Bertz CT molecular complexity index is 876. The van der Waals surface area contributed by atoms with Crippen molar-refractivity contribution >= 4 is 28.5 Å². The smallest absolute Gasteiger partial charge is 0.260 e. The van der Waals surface area contributed by atoms with Crippen LogP contribution in [0.25, 0.3) is 11.0 Å². The van der Waals surface area contributed by atoms with Gasteiger partial charge in [0.2, 0.25) is 0 Å². The van der Waals surface area contributed by atoms with Gasteiger partial charge in [-0.15, -0.1) is 0 Å². The third-order valence-corrected chi connectivity index (χ3v) is 4.37. The first kappa shape index (κ1) is 17.3. The minimum Gasteiger partial charge on any atom is -0.484 e. The molecule has 0 bridgehead atoms. The summed E-state index contributed by atoms with van der Waals surface area (Å²) in [6.07, 6.45) is 0. The Balaban J connectivity index is 1.65.